The molecule has 1 aliphatic heterocycles. The average molecular weight is 299 g/mol. The van der Waals surface area contributed by atoms with Gasteiger partial charge in [0.1, 0.15) is 0 Å². The lowest BCUT2D eigenvalue weighted by Gasteiger charge is -2.31. The molecule has 5 nitrogen and oxygen atoms in total. The van der Waals surface area contributed by atoms with Crippen molar-refractivity contribution >= 4 is 17.0 Å². The lowest BCUT2D eigenvalue weighted by atomic mass is 9.93. The molecule has 0 amide bonds. The molecule has 108 valence electrons. The smallest absolute Gasteiger partial charge is 0.155 e. The van der Waals surface area contributed by atoms with Crippen LogP contribution in [-0.4, -0.2) is 37.6 Å². The maximum atomic E-state index is 4.73. The summed E-state index contributed by atoms with van der Waals surface area (Å²) in [6.07, 6.45) is 6.14. The quantitative estimate of drug-likeness (QED) is 0.746. The van der Waals surface area contributed by atoms with Gasteiger partial charge in [-0.15, -0.1) is 11.3 Å². The van der Waals surface area contributed by atoms with Gasteiger partial charge in [-0.25, -0.2) is 14.5 Å². The van der Waals surface area contributed by atoms with Gasteiger partial charge in [-0.1, -0.05) is 0 Å². The average Bonchev–Trinajstić information content (AvgIpc) is 3.18. The molecule has 0 aliphatic carbocycles. The molecule has 0 N–H and O–H groups in total. The molecule has 3 aromatic heterocycles. The molecule has 0 bridgehead atoms. The molecule has 1 saturated heterocycles. The molecule has 4 rings (SSSR count). The Morgan fingerprint density at radius 3 is 2.95 bits per heavy atom. The van der Waals surface area contributed by atoms with Crippen LogP contribution in [0.15, 0.2) is 35.4 Å². The van der Waals surface area contributed by atoms with Crippen LogP contribution in [0.4, 0.5) is 0 Å². The highest BCUT2D eigenvalue weighted by molar-refractivity contribution is 7.07. The van der Waals surface area contributed by atoms with E-state index in [1.165, 1.54) is 24.2 Å². The lowest BCUT2D eigenvalue weighted by Crippen LogP contribution is -2.32. The summed E-state index contributed by atoms with van der Waals surface area (Å²) in [5, 5.41) is 6.34. The van der Waals surface area contributed by atoms with Crippen LogP contribution < -0.4 is 0 Å². The van der Waals surface area contributed by atoms with Crippen LogP contribution in [0.5, 0.6) is 0 Å². The van der Waals surface area contributed by atoms with Crippen molar-refractivity contribution in [1.82, 2.24) is 24.5 Å². The molecule has 0 saturated carbocycles. The maximum Gasteiger partial charge on any atom is 0.155 e. The molecule has 1 aliphatic rings. The summed E-state index contributed by atoms with van der Waals surface area (Å²) in [5.41, 5.74) is 5.25. The topological polar surface area (TPSA) is 46.3 Å². The summed E-state index contributed by atoms with van der Waals surface area (Å²) < 4.78 is 1.82. The summed E-state index contributed by atoms with van der Waals surface area (Å²) in [6, 6.07) is 4.07. The summed E-state index contributed by atoms with van der Waals surface area (Å²) >= 11 is 1.67. The summed E-state index contributed by atoms with van der Waals surface area (Å²) in [4.78, 5) is 11.6. The van der Waals surface area contributed by atoms with Gasteiger partial charge in [0.15, 0.2) is 5.65 Å². The minimum absolute atomic E-state index is 0.566. The first kappa shape index (κ1) is 12.9. The third-order valence-electron chi connectivity index (χ3n) is 4.15. The van der Waals surface area contributed by atoms with Gasteiger partial charge in [-0.2, -0.15) is 5.10 Å². The number of piperidine rings is 1. The van der Waals surface area contributed by atoms with E-state index in [1.54, 1.807) is 17.5 Å². The number of fused-ring (bicyclic) bond motifs is 1. The second-order valence-corrected chi connectivity index (χ2v) is 6.24. The number of rotatable bonds is 3. The maximum absolute atomic E-state index is 4.73. The first-order chi connectivity index (χ1) is 10.4. The first-order valence-corrected chi connectivity index (χ1v) is 8.22. The van der Waals surface area contributed by atoms with Crippen molar-refractivity contribution in [2.45, 2.75) is 25.3 Å². The minimum Gasteiger partial charge on any atom is -0.297 e. The molecule has 4 heterocycles. The second kappa shape index (κ2) is 5.54. The normalized spacial score (nSPS) is 17.5. The Bertz CT molecular complexity index is 713. The van der Waals surface area contributed by atoms with Gasteiger partial charge in [-0.3, -0.25) is 4.90 Å². The van der Waals surface area contributed by atoms with E-state index in [4.69, 9.17) is 4.98 Å². The van der Waals surface area contributed by atoms with Crippen molar-refractivity contribution in [3.8, 4) is 0 Å². The van der Waals surface area contributed by atoms with E-state index in [0.717, 1.165) is 25.3 Å². The number of likely N-dealkylation sites (tertiary alicyclic amines) is 1. The molecule has 3 aromatic rings. The predicted octanol–water partition coefficient (Wildman–Crippen LogP) is 2.57. The molecular formula is C15H17N5S. The van der Waals surface area contributed by atoms with Gasteiger partial charge >= 0.3 is 0 Å². The van der Waals surface area contributed by atoms with Gasteiger partial charge in [0.2, 0.25) is 0 Å². The fraction of sp³-hybridized carbons (Fsp3) is 0.400. The zero-order valence-electron chi connectivity index (χ0n) is 11.7. The summed E-state index contributed by atoms with van der Waals surface area (Å²) in [6.45, 7) is 3.22. The van der Waals surface area contributed by atoms with Crippen molar-refractivity contribution in [1.29, 1.82) is 0 Å². The lowest BCUT2D eigenvalue weighted by molar-refractivity contribution is 0.201. The van der Waals surface area contributed by atoms with Crippen LogP contribution in [0.2, 0.25) is 0 Å². The zero-order valence-corrected chi connectivity index (χ0v) is 12.5. The monoisotopic (exact) mass is 299 g/mol. The van der Waals surface area contributed by atoms with E-state index in [0.29, 0.717) is 5.92 Å². The van der Waals surface area contributed by atoms with E-state index in [2.05, 4.69) is 26.4 Å². The molecule has 0 atom stereocenters. The van der Waals surface area contributed by atoms with Crippen LogP contribution in [0.25, 0.3) is 5.65 Å². The fourth-order valence-corrected chi connectivity index (χ4v) is 3.54. The highest BCUT2D eigenvalue weighted by Gasteiger charge is 2.22. The van der Waals surface area contributed by atoms with Crippen molar-refractivity contribution in [2.75, 3.05) is 13.1 Å². The first-order valence-electron chi connectivity index (χ1n) is 7.28. The Morgan fingerprint density at radius 1 is 1.24 bits per heavy atom. The molecule has 1 fully saturated rings. The van der Waals surface area contributed by atoms with E-state index in [1.807, 2.05) is 22.3 Å². The molecule has 0 unspecified atom stereocenters. The van der Waals surface area contributed by atoms with Gasteiger partial charge < -0.3 is 0 Å². The number of thiazole rings is 1. The van der Waals surface area contributed by atoms with E-state index < -0.39 is 0 Å². The van der Waals surface area contributed by atoms with Crippen LogP contribution in [0, 0.1) is 0 Å². The Kier molecular flexibility index (Phi) is 3.40. The molecule has 6 heteroatoms. The number of nitrogens with zero attached hydrogens (tertiary/aromatic N) is 5. The van der Waals surface area contributed by atoms with Crippen LogP contribution in [0.3, 0.4) is 0 Å². The highest BCUT2D eigenvalue weighted by Crippen LogP contribution is 2.27. The highest BCUT2D eigenvalue weighted by atomic mass is 32.1. The van der Waals surface area contributed by atoms with Crippen LogP contribution in [0.1, 0.15) is 30.1 Å². The van der Waals surface area contributed by atoms with Crippen molar-refractivity contribution in [3.05, 3.63) is 46.8 Å². The van der Waals surface area contributed by atoms with Gasteiger partial charge in [0, 0.05) is 35.8 Å². The number of hydrogen-bond acceptors (Lipinski definition) is 5. The zero-order chi connectivity index (χ0) is 14.1. The summed E-state index contributed by atoms with van der Waals surface area (Å²) in [5.74, 6) is 0.566. The van der Waals surface area contributed by atoms with Crippen LogP contribution in [-0.2, 0) is 6.54 Å². The number of aromatic nitrogens is 4. The molecule has 0 aromatic carbocycles. The third kappa shape index (κ3) is 2.69. The molecule has 0 spiro atoms. The predicted molar refractivity (Wildman–Crippen MR) is 82.4 cm³/mol. The van der Waals surface area contributed by atoms with Crippen LogP contribution >= 0.6 is 11.3 Å². The van der Waals surface area contributed by atoms with Crippen molar-refractivity contribution in [3.63, 3.8) is 0 Å². The molecule has 21 heavy (non-hydrogen) atoms. The Balaban J connectivity index is 1.42. The van der Waals surface area contributed by atoms with Gasteiger partial charge in [0.25, 0.3) is 0 Å². The standard InChI is InChI=1S/C15H17N5S/c1-5-17-20-8-4-14(18-15(1)20)12-2-6-19(7-3-12)9-13-10-21-11-16-13/h1,4-5,8,10-12H,2-3,6-7,9H2. The van der Waals surface area contributed by atoms with Crippen molar-refractivity contribution in [2.24, 2.45) is 0 Å². The SMILES string of the molecule is c1cc2nc(C3CCN(Cc4cscn4)CC3)ccn2n1. The second-order valence-electron chi connectivity index (χ2n) is 5.52. The minimum atomic E-state index is 0.566. The molecular weight excluding hydrogens is 282 g/mol. The van der Waals surface area contributed by atoms with Gasteiger partial charge in [0.05, 0.1) is 17.4 Å². The van der Waals surface area contributed by atoms with Gasteiger partial charge in [-0.05, 0) is 32.0 Å². The number of hydrogen-bond donors (Lipinski definition) is 0. The summed E-state index contributed by atoms with van der Waals surface area (Å²) in [7, 11) is 0. The Hall–Kier alpha value is -1.79. The Morgan fingerprint density at radius 2 is 2.14 bits per heavy atom. The third-order valence-corrected chi connectivity index (χ3v) is 4.79. The molecule has 0 radical (unpaired) electrons. The fourth-order valence-electron chi connectivity index (χ4n) is 2.99. The van der Waals surface area contributed by atoms with E-state index in [-0.39, 0.29) is 0 Å². The Labute approximate surface area is 127 Å². The van der Waals surface area contributed by atoms with Crippen molar-refractivity contribution < 1.29 is 0 Å². The van der Waals surface area contributed by atoms with E-state index in [9.17, 15) is 0 Å². The largest absolute Gasteiger partial charge is 0.297 e. The van der Waals surface area contributed by atoms with E-state index >= 15 is 0 Å².